The maximum atomic E-state index is 11.0. The van der Waals surface area contributed by atoms with E-state index < -0.39 is 5.97 Å². The number of aromatic nitrogens is 6. The van der Waals surface area contributed by atoms with Gasteiger partial charge in [-0.3, -0.25) is 0 Å². The average molecular weight is 260 g/mol. The van der Waals surface area contributed by atoms with Gasteiger partial charge in [-0.25, -0.2) is 14.8 Å². The maximum Gasteiger partial charge on any atom is 0.356 e. The second-order valence-corrected chi connectivity index (χ2v) is 3.74. The number of nitrogens with zero attached hydrogens (tertiary/aromatic N) is 5. The minimum Gasteiger partial charge on any atom is -0.476 e. The molecular weight excluding hydrogens is 252 g/mol. The molecule has 2 N–H and O–H groups in total. The summed E-state index contributed by atoms with van der Waals surface area (Å²) in [7, 11) is 1.79. The molecule has 0 bridgehead atoms. The van der Waals surface area contributed by atoms with Crippen molar-refractivity contribution in [1.82, 2.24) is 29.7 Å². The minimum absolute atomic E-state index is 0.0612. The van der Waals surface area contributed by atoms with Gasteiger partial charge in [0.05, 0.1) is 18.9 Å². The highest BCUT2D eigenvalue weighted by molar-refractivity contribution is 5.91. The zero-order valence-electron chi connectivity index (χ0n) is 9.73. The van der Waals surface area contributed by atoms with Crippen LogP contribution in [-0.4, -0.2) is 40.7 Å². The summed E-state index contributed by atoms with van der Waals surface area (Å²) in [5.41, 5.74) is 0.667. The fourth-order valence-electron chi connectivity index (χ4n) is 1.62. The van der Waals surface area contributed by atoms with E-state index >= 15 is 0 Å². The van der Waals surface area contributed by atoms with Gasteiger partial charge in [-0.2, -0.15) is 4.98 Å². The van der Waals surface area contributed by atoms with Crippen LogP contribution in [0.5, 0.6) is 0 Å². The number of imidazole rings is 2. The van der Waals surface area contributed by atoms with Gasteiger partial charge in [-0.05, 0) is 0 Å². The van der Waals surface area contributed by atoms with Crippen LogP contribution in [0.2, 0.25) is 0 Å². The highest BCUT2D eigenvalue weighted by atomic mass is 16.5. The summed E-state index contributed by atoms with van der Waals surface area (Å²) >= 11 is 0. The first-order chi connectivity index (χ1) is 9.16. The van der Waals surface area contributed by atoms with E-state index in [2.05, 4.69) is 25.1 Å². The number of carboxylic acids is 1. The average Bonchev–Trinajstić information content (AvgIpc) is 3.06. The zero-order valence-corrected chi connectivity index (χ0v) is 9.73. The molecule has 19 heavy (non-hydrogen) atoms. The minimum atomic E-state index is -1.17. The van der Waals surface area contributed by atoms with Crippen LogP contribution in [0.4, 0.5) is 0 Å². The zero-order chi connectivity index (χ0) is 13.4. The lowest BCUT2D eigenvalue weighted by Gasteiger charge is -1.93. The van der Waals surface area contributed by atoms with Gasteiger partial charge in [-0.1, -0.05) is 5.16 Å². The monoisotopic (exact) mass is 260 g/mol. The third kappa shape index (κ3) is 1.76. The van der Waals surface area contributed by atoms with E-state index in [1.54, 1.807) is 24.1 Å². The van der Waals surface area contributed by atoms with Gasteiger partial charge in [0.15, 0.2) is 5.69 Å². The summed E-state index contributed by atoms with van der Waals surface area (Å²) in [5.74, 6) is -0.788. The molecule has 0 unspecified atom stereocenters. The maximum absolute atomic E-state index is 11.0. The van der Waals surface area contributed by atoms with Crippen molar-refractivity contribution < 1.29 is 14.4 Å². The van der Waals surface area contributed by atoms with Crippen LogP contribution in [-0.2, 0) is 7.05 Å². The Morgan fingerprint density at radius 3 is 3.05 bits per heavy atom. The van der Waals surface area contributed by atoms with E-state index in [-0.39, 0.29) is 17.3 Å². The summed E-state index contributed by atoms with van der Waals surface area (Å²) in [5, 5.41) is 12.8. The van der Waals surface area contributed by atoms with Crippen molar-refractivity contribution in [1.29, 1.82) is 0 Å². The predicted octanol–water partition coefficient (Wildman–Crippen LogP) is 0.558. The Balaban J connectivity index is 2.04. The molecule has 3 aromatic heterocycles. The molecule has 0 spiro atoms. The Hall–Kier alpha value is -2.97. The third-order valence-corrected chi connectivity index (χ3v) is 2.53. The van der Waals surface area contributed by atoms with Gasteiger partial charge in [0.2, 0.25) is 5.82 Å². The molecule has 0 aliphatic heterocycles. The number of hydrogen-bond donors (Lipinski definition) is 2. The molecule has 0 amide bonds. The number of carbonyl (C=O) groups is 1. The molecule has 0 atom stereocenters. The van der Waals surface area contributed by atoms with Crippen molar-refractivity contribution in [2.45, 2.75) is 0 Å². The molecule has 3 aromatic rings. The molecule has 3 rings (SSSR count). The number of rotatable bonds is 3. The van der Waals surface area contributed by atoms with Crippen molar-refractivity contribution in [2.75, 3.05) is 0 Å². The normalized spacial score (nSPS) is 10.8. The number of carboxylic acid groups (broad SMARTS) is 1. The summed E-state index contributed by atoms with van der Waals surface area (Å²) < 4.78 is 6.76. The highest BCUT2D eigenvalue weighted by Gasteiger charge is 2.21. The number of nitrogens with one attached hydrogen (secondary N) is 1. The smallest absolute Gasteiger partial charge is 0.356 e. The third-order valence-electron chi connectivity index (χ3n) is 2.53. The fourth-order valence-corrected chi connectivity index (χ4v) is 1.62. The first-order valence-electron chi connectivity index (χ1n) is 5.24. The fraction of sp³-hybridized carbons (Fsp3) is 0.100. The molecule has 0 fully saturated rings. The summed E-state index contributed by atoms with van der Waals surface area (Å²) in [6, 6.07) is 0. The van der Waals surface area contributed by atoms with E-state index in [1.807, 2.05) is 0 Å². The summed E-state index contributed by atoms with van der Waals surface area (Å²) in [4.78, 5) is 25.4. The Morgan fingerprint density at radius 2 is 2.37 bits per heavy atom. The van der Waals surface area contributed by atoms with Crippen molar-refractivity contribution >= 4 is 5.97 Å². The topological polar surface area (TPSA) is 123 Å². The Bertz CT molecular complexity index is 740. The molecular formula is C10H8N6O3. The number of aromatic carboxylic acids is 1. The summed E-state index contributed by atoms with van der Waals surface area (Å²) in [6.45, 7) is 0. The molecule has 9 nitrogen and oxygen atoms in total. The SMILES string of the molecule is Cn1cncc1-c1noc(-c2[nH]cnc2C(=O)O)n1. The quantitative estimate of drug-likeness (QED) is 0.705. The molecule has 9 heteroatoms. The lowest BCUT2D eigenvalue weighted by Crippen LogP contribution is -1.99. The van der Waals surface area contributed by atoms with Gasteiger partial charge in [0.1, 0.15) is 11.4 Å². The second-order valence-electron chi connectivity index (χ2n) is 3.74. The Kier molecular flexibility index (Phi) is 2.37. The molecule has 0 saturated carbocycles. The van der Waals surface area contributed by atoms with Crippen molar-refractivity contribution in [3.63, 3.8) is 0 Å². The van der Waals surface area contributed by atoms with Crippen LogP contribution < -0.4 is 0 Å². The molecule has 0 aromatic carbocycles. The van der Waals surface area contributed by atoms with Gasteiger partial charge in [0, 0.05) is 7.05 Å². The molecule has 3 heterocycles. The highest BCUT2D eigenvalue weighted by Crippen LogP contribution is 2.22. The van der Waals surface area contributed by atoms with E-state index in [1.165, 1.54) is 6.33 Å². The van der Waals surface area contributed by atoms with E-state index in [0.717, 1.165) is 0 Å². The molecule has 96 valence electrons. The Labute approximate surface area is 105 Å². The number of aromatic amines is 1. The number of hydrogen-bond acceptors (Lipinski definition) is 6. The van der Waals surface area contributed by atoms with Crippen molar-refractivity contribution in [2.24, 2.45) is 7.05 Å². The van der Waals surface area contributed by atoms with Crippen molar-refractivity contribution in [3.8, 4) is 23.1 Å². The van der Waals surface area contributed by atoms with Gasteiger partial charge in [-0.15, -0.1) is 0 Å². The van der Waals surface area contributed by atoms with E-state index in [9.17, 15) is 4.79 Å². The van der Waals surface area contributed by atoms with Crippen LogP contribution >= 0.6 is 0 Å². The van der Waals surface area contributed by atoms with Crippen molar-refractivity contribution in [3.05, 3.63) is 24.5 Å². The second kappa shape index (κ2) is 4.05. The van der Waals surface area contributed by atoms with Crippen LogP contribution in [0.1, 0.15) is 10.5 Å². The largest absolute Gasteiger partial charge is 0.476 e. The molecule has 0 aliphatic carbocycles. The standard InChI is InChI=1S/C10H8N6O3/c1-16-4-11-2-5(16)8-14-9(19-15-8)6-7(10(17)18)13-3-12-6/h2-4H,1H3,(H,12,13)(H,17,18). The number of H-pyrrole nitrogens is 1. The molecule has 0 radical (unpaired) electrons. The molecule has 0 aliphatic rings. The first-order valence-corrected chi connectivity index (χ1v) is 5.24. The van der Waals surface area contributed by atoms with Crippen LogP contribution in [0.15, 0.2) is 23.4 Å². The lowest BCUT2D eigenvalue weighted by atomic mass is 10.3. The van der Waals surface area contributed by atoms with Crippen LogP contribution in [0.3, 0.4) is 0 Å². The van der Waals surface area contributed by atoms with Crippen LogP contribution in [0.25, 0.3) is 23.1 Å². The van der Waals surface area contributed by atoms with Gasteiger partial charge >= 0.3 is 5.97 Å². The van der Waals surface area contributed by atoms with E-state index in [0.29, 0.717) is 11.5 Å². The predicted molar refractivity (Wildman–Crippen MR) is 61.0 cm³/mol. The van der Waals surface area contributed by atoms with E-state index in [4.69, 9.17) is 9.63 Å². The van der Waals surface area contributed by atoms with Gasteiger partial charge < -0.3 is 19.2 Å². The lowest BCUT2D eigenvalue weighted by molar-refractivity contribution is 0.0691. The Morgan fingerprint density at radius 1 is 1.53 bits per heavy atom. The van der Waals surface area contributed by atoms with Crippen LogP contribution in [0, 0.1) is 0 Å². The van der Waals surface area contributed by atoms with Gasteiger partial charge in [0.25, 0.3) is 5.89 Å². The summed E-state index contributed by atoms with van der Waals surface area (Å²) in [6.07, 6.45) is 4.44. The first kappa shape index (κ1) is 11.1. The number of aryl methyl sites for hydroxylation is 1. The molecule has 0 saturated heterocycles.